The summed E-state index contributed by atoms with van der Waals surface area (Å²) in [5.74, 6) is 1.86. The monoisotopic (exact) mass is 330 g/mol. The van der Waals surface area contributed by atoms with Crippen molar-refractivity contribution in [1.82, 2.24) is 25.1 Å². The average Bonchev–Trinajstić information content (AvgIpc) is 3.04. The van der Waals surface area contributed by atoms with Crippen LogP contribution in [0.3, 0.4) is 0 Å². The third-order valence-corrected chi connectivity index (χ3v) is 4.43. The van der Waals surface area contributed by atoms with Crippen LogP contribution >= 0.6 is 0 Å². The van der Waals surface area contributed by atoms with Gasteiger partial charge in [0.15, 0.2) is 5.82 Å². The summed E-state index contributed by atoms with van der Waals surface area (Å²) in [5, 5.41) is 15.6. The zero-order chi connectivity index (χ0) is 16.8. The molecule has 0 unspecified atom stereocenters. The minimum Gasteiger partial charge on any atom is -0.497 e. The van der Waals surface area contributed by atoms with E-state index in [1.165, 1.54) is 0 Å². The largest absolute Gasteiger partial charge is 0.497 e. The molecule has 2 heterocycles. The number of rotatable bonds is 7. The molecule has 0 atom stereocenters. The van der Waals surface area contributed by atoms with E-state index in [1.807, 2.05) is 22.9 Å². The van der Waals surface area contributed by atoms with Gasteiger partial charge in [-0.1, -0.05) is 13.0 Å². The molecule has 3 rings (SSSR count). The van der Waals surface area contributed by atoms with Crippen molar-refractivity contribution in [3.63, 3.8) is 0 Å². The van der Waals surface area contributed by atoms with Crippen LogP contribution in [0.1, 0.15) is 32.0 Å². The Hall–Kier alpha value is -2.15. The van der Waals surface area contributed by atoms with Crippen LogP contribution in [-0.2, 0) is 13.1 Å². The Kier molecular flexibility index (Phi) is 5.63. The molecule has 1 fully saturated rings. The second-order valence-electron chi connectivity index (χ2n) is 6.24. The summed E-state index contributed by atoms with van der Waals surface area (Å²) in [5.41, 5.74) is 1.12. The van der Waals surface area contributed by atoms with Crippen LogP contribution in [0.2, 0.25) is 0 Å². The maximum Gasteiger partial charge on any atom is 0.165 e. The topological polar surface area (TPSA) is 68.1 Å². The van der Waals surface area contributed by atoms with Gasteiger partial charge >= 0.3 is 0 Å². The molecule has 0 radical (unpaired) electrons. The molecule has 1 aromatic carbocycles. The van der Waals surface area contributed by atoms with Gasteiger partial charge in [-0.15, -0.1) is 5.10 Å². The molecule has 130 valence electrons. The Labute approximate surface area is 143 Å². The minimum atomic E-state index is 0.500. The van der Waals surface area contributed by atoms with Crippen LogP contribution in [0.15, 0.2) is 24.3 Å². The minimum absolute atomic E-state index is 0.500. The van der Waals surface area contributed by atoms with E-state index >= 15 is 0 Å². The number of hydrogen-bond acceptors (Lipinski definition) is 6. The fraction of sp³-hybridized carbons (Fsp3) is 0.588. The average molecular weight is 330 g/mol. The van der Waals surface area contributed by atoms with Crippen molar-refractivity contribution in [3.8, 4) is 5.75 Å². The molecule has 1 saturated heterocycles. The van der Waals surface area contributed by atoms with Gasteiger partial charge < -0.3 is 10.1 Å². The van der Waals surface area contributed by atoms with Crippen molar-refractivity contribution in [1.29, 1.82) is 0 Å². The molecule has 0 bridgehead atoms. The van der Waals surface area contributed by atoms with Gasteiger partial charge in [0.1, 0.15) is 5.75 Å². The molecule has 0 saturated carbocycles. The lowest BCUT2D eigenvalue weighted by Gasteiger charge is -2.32. The number of anilines is 1. The number of methoxy groups -OCH3 is 1. The highest BCUT2D eigenvalue weighted by Crippen LogP contribution is 2.21. The number of benzene rings is 1. The third-order valence-electron chi connectivity index (χ3n) is 4.43. The van der Waals surface area contributed by atoms with Crippen LogP contribution in [0.5, 0.6) is 5.75 Å². The molecule has 7 heteroatoms. The Morgan fingerprint density at radius 1 is 1.29 bits per heavy atom. The molecule has 0 aliphatic carbocycles. The first kappa shape index (κ1) is 16.7. The summed E-state index contributed by atoms with van der Waals surface area (Å²) < 4.78 is 7.20. The highest BCUT2D eigenvalue weighted by molar-refractivity contribution is 5.48. The van der Waals surface area contributed by atoms with Crippen molar-refractivity contribution in [2.75, 3.05) is 25.5 Å². The van der Waals surface area contributed by atoms with Crippen LogP contribution in [0, 0.1) is 0 Å². The number of piperidine rings is 1. The van der Waals surface area contributed by atoms with Gasteiger partial charge in [0.05, 0.1) is 13.7 Å². The van der Waals surface area contributed by atoms with Crippen LogP contribution < -0.4 is 10.1 Å². The Balaban J connectivity index is 1.49. The van der Waals surface area contributed by atoms with E-state index in [1.54, 1.807) is 7.11 Å². The molecule has 1 N–H and O–H groups in total. The van der Waals surface area contributed by atoms with Crippen LogP contribution in [0.25, 0.3) is 0 Å². The number of tetrazole rings is 1. The van der Waals surface area contributed by atoms with Crippen molar-refractivity contribution in [2.24, 2.45) is 0 Å². The van der Waals surface area contributed by atoms with Gasteiger partial charge in [-0.25, -0.2) is 4.68 Å². The number of likely N-dealkylation sites (tertiary alicyclic amines) is 1. The van der Waals surface area contributed by atoms with Gasteiger partial charge in [0.2, 0.25) is 0 Å². The molecular weight excluding hydrogens is 304 g/mol. The number of aryl methyl sites for hydroxylation is 1. The lowest BCUT2D eigenvalue weighted by atomic mass is 10.0. The van der Waals surface area contributed by atoms with Crippen LogP contribution in [-0.4, -0.2) is 51.3 Å². The number of aromatic nitrogens is 4. The predicted octanol–water partition coefficient (Wildman–Crippen LogP) is 2.17. The molecule has 1 aromatic heterocycles. The van der Waals surface area contributed by atoms with Gasteiger partial charge in [-0.05, 0) is 41.8 Å². The maximum absolute atomic E-state index is 5.28. The number of ether oxygens (including phenoxy) is 1. The van der Waals surface area contributed by atoms with E-state index in [0.717, 1.165) is 62.7 Å². The molecule has 24 heavy (non-hydrogen) atoms. The molecule has 1 aliphatic rings. The number of nitrogens with zero attached hydrogens (tertiary/aromatic N) is 5. The molecule has 0 spiro atoms. The Morgan fingerprint density at radius 2 is 2.12 bits per heavy atom. The normalized spacial score (nSPS) is 16.2. The van der Waals surface area contributed by atoms with E-state index in [-0.39, 0.29) is 0 Å². The summed E-state index contributed by atoms with van der Waals surface area (Å²) in [4.78, 5) is 2.43. The third kappa shape index (κ3) is 4.23. The van der Waals surface area contributed by atoms with E-state index in [9.17, 15) is 0 Å². The molecule has 7 nitrogen and oxygen atoms in total. The van der Waals surface area contributed by atoms with Crippen LogP contribution in [0.4, 0.5) is 5.69 Å². The SMILES string of the molecule is CCCn1nnnc1CN1CCC(Nc2cccc(OC)c2)CC1. The van der Waals surface area contributed by atoms with Gasteiger partial charge in [0, 0.05) is 37.4 Å². The quantitative estimate of drug-likeness (QED) is 0.839. The van der Waals surface area contributed by atoms with E-state index in [0.29, 0.717) is 6.04 Å². The van der Waals surface area contributed by atoms with Gasteiger partial charge in [0.25, 0.3) is 0 Å². The van der Waals surface area contributed by atoms with E-state index in [4.69, 9.17) is 4.74 Å². The summed E-state index contributed by atoms with van der Waals surface area (Å²) in [6.45, 7) is 5.97. The first-order valence-electron chi connectivity index (χ1n) is 8.66. The first-order chi connectivity index (χ1) is 11.8. The van der Waals surface area contributed by atoms with Crippen molar-refractivity contribution < 1.29 is 4.74 Å². The highest BCUT2D eigenvalue weighted by atomic mass is 16.5. The molecular formula is C17H26N6O. The van der Waals surface area contributed by atoms with Crippen molar-refractivity contribution in [2.45, 2.75) is 45.3 Å². The second kappa shape index (κ2) is 8.10. The van der Waals surface area contributed by atoms with Crippen molar-refractivity contribution >= 4 is 5.69 Å². The number of nitrogens with one attached hydrogen (secondary N) is 1. The number of hydrogen-bond donors (Lipinski definition) is 1. The smallest absolute Gasteiger partial charge is 0.165 e. The summed E-state index contributed by atoms with van der Waals surface area (Å²) in [6, 6.07) is 8.62. The lowest BCUT2D eigenvalue weighted by Crippen LogP contribution is -2.39. The van der Waals surface area contributed by atoms with Gasteiger partial charge in [-0.3, -0.25) is 4.90 Å². The summed E-state index contributed by atoms with van der Waals surface area (Å²) in [6.07, 6.45) is 3.28. The standard InChI is InChI=1S/C17H26N6O/c1-3-9-23-17(19-20-21-23)13-22-10-7-14(8-11-22)18-15-5-4-6-16(12-15)24-2/h4-6,12,14,18H,3,7-11,13H2,1-2H3. The zero-order valence-corrected chi connectivity index (χ0v) is 14.5. The fourth-order valence-corrected chi connectivity index (χ4v) is 3.11. The Bertz CT molecular complexity index is 636. The van der Waals surface area contributed by atoms with Gasteiger partial charge in [-0.2, -0.15) is 0 Å². The molecule has 2 aromatic rings. The fourth-order valence-electron chi connectivity index (χ4n) is 3.11. The first-order valence-corrected chi connectivity index (χ1v) is 8.66. The van der Waals surface area contributed by atoms with Crippen molar-refractivity contribution in [3.05, 3.63) is 30.1 Å². The lowest BCUT2D eigenvalue weighted by molar-refractivity contribution is 0.203. The summed E-state index contributed by atoms with van der Waals surface area (Å²) in [7, 11) is 1.70. The van der Waals surface area contributed by atoms with E-state index < -0.39 is 0 Å². The van der Waals surface area contributed by atoms with E-state index in [2.05, 4.69) is 38.7 Å². The predicted molar refractivity (Wildman–Crippen MR) is 93.0 cm³/mol. The second-order valence-corrected chi connectivity index (χ2v) is 6.24. The Morgan fingerprint density at radius 3 is 2.88 bits per heavy atom. The summed E-state index contributed by atoms with van der Waals surface area (Å²) >= 11 is 0. The molecule has 0 amide bonds. The maximum atomic E-state index is 5.28. The molecule has 1 aliphatic heterocycles. The zero-order valence-electron chi connectivity index (χ0n) is 14.5. The highest BCUT2D eigenvalue weighted by Gasteiger charge is 2.21.